The van der Waals surface area contributed by atoms with Crippen LogP contribution in [0.25, 0.3) is 0 Å². The van der Waals surface area contributed by atoms with Gasteiger partial charge in [-0.3, -0.25) is 0 Å². The molecule has 1 aliphatic rings. The van der Waals surface area contributed by atoms with Crippen LogP contribution >= 0.6 is 0 Å². The molecule has 2 rings (SSSR count). The predicted molar refractivity (Wildman–Crippen MR) is 62.9 cm³/mol. The van der Waals surface area contributed by atoms with Crippen LogP contribution in [0.2, 0.25) is 0 Å². The maximum atomic E-state index is 13.7. The van der Waals surface area contributed by atoms with Crippen molar-refractivity contribution in [3.05, 3.63) is 24.0 Å². The molecule has 16 heavy (non-hydrogen) atoms. The van der Waals surface area contributed by atoms with Crippen LogP contribution in [-0.4, -0.2) is 24.3 Å². The Morgan fingerprint density at radius 2 is 2.12 bits per heavy atom. The largest absolute Gasteiger partial charge is 0.399 e. The van der Waals surface area contributed by atoms with Crippen molar-refractivity contribution in [3.8, 4) is 0 Å². The number of rotatable bonds is 1. The van der Waals surface area contributed by atoms with Gasteiger partial charge >= 0.3 is 0 Å². The summed E-state index contributed by atoms with van der Waals surface area (Å²) < 4.78 is 13.7. The second kappa shape index (κ2) is 4.70. The first-order valence-electron chi connectivity index (χ1n) is 5.65. The molecule has 1 saturated heterocycles. The molecule has 1 aliphatic heterocycles. The van der Waals surface area contributed by atoms with Gasteiger partial charge in [0.25, 0.3) is 0 Å². The number of benzene rings is 1. The van der Waals surface area contributed by atoms with E-state index in [0.29, 0.717) is 24.3 Å². The number of nitrogen functional groups attached to an aromatic ring is 1. The molecule has 88 valence electrons. The Balaban J connectivity index is 2.16. The van der Waals surface area contributed by atoms with Crippen molar-refractivity contribution in [2.45, 2.75) is 25.4 Å². The molecular weight excluding hydrogens is 207 g/mol. The van der Waals surface area contributed by atoms with Gasteiger partial charge in [0.15, 0.2) is 0 Å². The lowest BCUT2D eigenvalue weighted by Gasteiger charge is -2.23. The minimum absolute atomic E-state index is 0.248. The highest BCUT2D eigenvalue weighted by Gasteiger charge is 2.17. The molecule has 3 N–H and O–H groups in total. The van der Waals surface area contributed by atoms with Crippen LogP contribution < -0.4 is 10.6 Å². The predicted octanol–water partition coefficient (Wildman–Crippen LogP) is 1.76. The number of nitrogens with two attached hydrogens (primary N) is 1. The SMILES string of the molecule is Nc1ccc(N2CCCC(O)CC2)c(F)c1. The van der Waals surface area contributed by atoms with Crippen LogP contribution in [0.4, 0.5) is 15.8 Å². The Bertz CT molecular complexity index is 370. The van der Waals surface area contributed by atoms with E-state index in [-0.39, 0.29) is 11.9 Å². The maximum absolute atomic E-state index is 13.7. The van der Waals surface area contributed by atoms with Crippen LogP contribution in [-0.2, 0) is 0 Å². The van der Waals surface area contributed by atoms with Crippen LogP contribution in [0.15, 0.2) is 18.2 Å². The van der Waals surface area contributed by atoms with Crippen molar-refractivity contribution in [1.82, 2.24) is 0 Å². The Morgan fingerprint density at radius 1 is 1.31 bits per heavy atom. The number of aliphatic hydroxyl groups excluding tert-OH is 1. The lowest BCUT2D eigenvalue weighted by Crippen LogP contribution is -2.25. The molecule has 4 heteroatoms. The van der Waals surface area contributed by atoms with E-state index in [4.69, 9.17) is 5.73 Å². The first-order valence-corrected chi connectivity index (χ1v) is 5.65. The number of nitrogens with zero attached hydrogens (tertiary/aromatic N) is 1. The second-order valence-corrected chi connectivity index (χ2v) is 4.28. The molecule has 1 heterocycles. The molecule has 0 amide bonds. The molecular formula is C12H17FN2O. The fraction of sp³-hybridized carbons (Fsp3) is 0.500. The van der Waals surface area contributed by atoms with Crippen LogP contribution in [0.1, 0.15) is 19.3 Å². The van der Waals surface area contributed by atoms with E-state index < -0.39 is 0 Å². The lowest BCUT2D eigenvalue weighted by molar-refractivity contribution is 0.161. The topological polar surface area (TPSA) is 49.5 Å². The van der Waals surface area contributed by atoms with Crippen molar-refractivity contribution in [2.75, 3.05) is 23.7 Å². The van der Waals surface area contributed by atoms with E-state index in [9.17, 15) is 9.50 Å². The van der Waals surface area contributed by atoms with Gasteiger partial charge in [0, 0.05) is 18.8 Å². The fourth-order valence-electron chi connectivity index (χ4n) is 2.10. The van der Waals surface area contributed by atoms with Gasteiger partial charge in [0.1, 0.15) is 5.82 Å². The minimum atomic E-state index is -0.281. The van der Waals surface area contributed by atoms with Crippen molar-refractivity contribution in [1.29, 1.82) is 0 Å². The van der Waals surface area contributed by atoms with Gasteiger partial charge in [-0.15, -0.1) is 0 Å². The van der Waals surface area contributed by atoms with E-state index in [1.807, 2.05) is 4.90 Å². The Hall–Kier alpha value is -1.29. The van der Waals surface area contributed by atoms with Gasteiger partial charge in [0.05, 0.1) is 11.8 Å². The fourth-order valence-corrected chi connectivity index (χ4v) is 2.10. The van der Waals surface area contributed by atoms with Crippen molar-refractivity contribution in [3.63, 3.8) is 0 Å². The number of halogens is 1. The van der Waals surface area contributed by atoms with Crippen LogP contribution in [0.3, 0.4) is 0 Å². The molecule has 1 atom stereocenters. The number of hydrogen-bond donors (Lipinski definition) is 2. The molecule has 0 radical (unpaired) electrons. The van der Waals surface area contributed by atoms with Gasteiger partial charge in [-0.1, -0.05) is 0 Å². The molecule has 0 aromatic heterocycles. The first kappa shape index (κ1) is 11.2. The molecule has 0 spiro atoms. The summed E-state index contributed by atoms with van der Waals surface area (Å²) in [5.74, 6) is -0.281. The summed E-state index contributed by atoms with van der Waals surface area (Å²) in [5, 5.41) is 9.53. The first-order chi connectivity index (χ1) is 7.66. The highest BCUT2D eigenvalue weighted by atomic mass is 19.1. The summed E-state index contributed by atoms with van der Waals surface area (Å²) in [6.45, 7) is 1.49. The third-order valence-corrected chi connectivity index (χ3v) is 3.01. The zero-order valence-electron chi connectivity index (χ0n) is 9.19. The number of aliphatic hydroxyl groups is 1. The third-order valence-electron chi connectivity index (χ3n) is 3.01. The Kier molecular flexibility index (Phi) is 3.29. The monoisotopic (exact) mass is 224 g/mol. The Morgan fingerprint density at radius 3 is 2.88 bits per heavy atom. The maximum Gasteiger partial charge on any atom is 0.148 e. The average molecular weight is 224 g/mol. The molecule has 1 aromatic carbocycles. The van der Waals surface area contributed by atoms with Crippen molar-refractivity contribution >= 4 is 11.4 Å². The molecule has 0 aliphatic carbocycles. The normalized spacial score (nSPS) is 21.9. The van der Waals surface area contributed by atoms with E-state index in [0.717, 1.165) is 19.4 Å². The molecule has 3 nitrogen and oxygen atoms in total. The number of anilines is 2. The summed E-state index contributed by atoms with van der Waals surface area (Å²) >= 11 is 0. The zero-order chi connectivity index (χ0) is 11.5. The summed E-state index contributed by atoms with van der Waals surface area (Å²) in [4.78, 5) is 1.98. The van der Waals surface area contributed by atoms with Crippen LogP contribution in [0, 0.1) is 5.82 Å². The summed E-state index contributed by atoms with van der Waals surface area (Å²) in [5.41, 5.74) is 6.54. The lowest BCUT2D eigenvalue weighted by atomic mass is 10.2. The van der Waals surface area contributed by atoms with E-state index in [1.165, 1.54) is 6.07 Å². The van der Waals surface area contributed by atoms with E-state index >= 15 is 0 Å². The van der Waals surface area contributed by atoms with Gasteiger partial charge in [0.2, 0.25) is 0 Å². The van der Waals surface area contributed by atoms with Gasteiger partial charge in [-0.2, -0.15) is 0 Å². The summed E-state index contributed by atoms with van der Waals surface area (Å²) in [7, 11) is 0. The third kappa shape index (κ3) is 2.44. The molecule has 1 fully saturated rings. The van der Waals surface area contributed by atoms with Gasteiger partial charge in [-0.25, -0.2) is 4.39 Å². The quantitative estimate of drug-likeness (QED) is 0.715. The van der Waals surface area contributed by atoms with E-state index in [1.54, 1.807) is 12.1 Å². The van der Waals surface area contributed by atoms with Crippen molar-refractivity contribution in [2.24, 2.45) is 0 Å². The summed E-state index contributed by atoms with van der Waals surface area (Å²) in [6, 6.07) is 4.76. The van der Waals surface area contributed by atoms with E-state index in [2.05, 4.69) is 0 Å². The van der Waals surface area contributed by atoms with Gasteiger partial charge < -0.3 is 15.7 Å². The van der Waals surface area contributed by atoms with Crippen molar-refractivity contribution < 1.29 is 9.50 Å². The smallest absolute Gasteiger partial charge is 0.148 e. The zero-order valence-corrected chi connectivity index (χ0v) is 9.19. The number of hydrogen-bond acceptors (Lipinski definition) is 3. The average Bonchev–Trinajstić information content (AvgIpc) is 2.43. The summed E-state index contributed by atoms with van der Waals surface area (Å²) in [6.07, 6.45) is 2.14. The highest BCUT2D eigenvalue weighted by molar-refractivity contribution is 5.54. The van der Waals surface area contributed by atoms with Gasteiger partial charge in [-0.05, 0) is 37.5 Å². The minimum Gasteiger partial charge on any atom is -0.399 e. The molecule has 1 unspecified atom stereocenters. The standard InChI is InChI=1S/C12H17FN2O/c13-11-8-9(14)3-4-12(11)15-6-1-2-10(16)5-7-15/h3-4,8,10,16H,1-2,5-7,14H2. The molecule has 0 bridgehead atoms. The second-order valence-electron chi connectivity index (χ2n) is 4.28. The Labute approximate surface area is 94.7 Å². The van der Waals surface area contributed by atoms with Crippen LogP contribution in [0.5, 0.6) is 0 Å². The molecule has 1 aromatic rings. The molecule has 0 saturated carbocycles. The highest BCUT2D eigenvalue weighted by Crippen LogP contribution is 2.24.